The first kappa shape index (κ1) is 22.6. The van der Waals surface area contributed by atoms with Crippen LogP contribution in [0.2, 0.25) is 0 Å². The second-order valence-electron chi connectivity index (χ2n) is 8.37. The Morgan fingerprint density at radius 3 is 2.58 bits per heavy atom. The SMILES string of the molecule is Cc1ccc(OCCn2c(CCNC(=O)CCc3ccccc3)nc3ccccc32)c(C)c1. The van der Waals surface area contributed by atoms with Crippen molar-refractivity contribution in [2.45, 2.75) is 39.7 Å². The van der Waals surface area contributed by atoms with Crippen molar-refractivity contribution >= 4 is 16.9 Å². The van der Waals surface area contributed by atoms with Crippen molar-refractivity contribution in [1.29, 1.82) is 0 Å². The van der Waals surface area contributed by atoms with Gasteiger partial charge in [-0.3, -0.25) is 4.79 Å². The highest BCUT2D eigenvalue weighted by Gasteiger charge is 2.11. The van der Waals surface area contributed by atoms with E-state index in [1.807, 2.05) is 42.5 Å². The minimum absolute atomic E-state index is 0.0692. The van der Waals surface area contributed by atoms with Gasteiger partial charge in [-0.2, -0.15) is 0 Å². The fraction of sp³-hybridized carbons (Fsp3) is 0.286. The molecule has 0 atom stereocenters. The fourth-order valence-electron chi connectivity index (χ4n) is 4.08. The van der Waals surface area contributed by atoms with Crippen molar-refractivity contribution < 1.29 is 9.53 Å². The van der Waals surface area contributed by atoms with Crippen LogP contribution in [0.4, 0.5) is 0 Å². The monoisotopic (exact) mass is 441 g/mol. The zero-order valence-corrected chi connectivity index (χ0v) is 19.4. The van der Waals surface area contributed by atoms with E-state index in [0.717, 1.165) is 34.6 Å². The molecule has 5 heteroatoms. The summed E-state index contributed by atoms with van der Waals surface area (Å²) in [6.45, 7) is 5.97. The first-order chi connectivity index (χ1) is 16.1. The summed E-state index contributed by atoms with van der Waals surface area (Å²) < 4.78 is 8.27. The fourth-order valence-corrected chi connectivity index (χ4v) is 4.08. The third kappa shape index (κ3) is 6.01. The van der Waals surface area contributed by atoms with Crippen molar-refractivity contribution in [3.63, 3.8) is 0 Å². The van der Waals surface area contributed by atoms with Crippen LogP contribution < -0.4 is 10.1 Å². The molecule has 0 bridgehead atoms. The number of carbonyl (C=O) groups excluding carboxylic acids is 1. The van der Waals surface area contributed by atoms with Gasteiger partial charge in [0.2, 0.25) is 5.91 Å². The van der Waals surface area contributed by atoms with Crippen LogP contribution in [0, 0.1) is 13.8 Å². The molecule has 0 aliphatic heterocycles. The Labute approximate surface area is 195 Å². The summed E-state index contributed by atoms with van der Waals surface area (Å²) in [6, 6.07) is 24.5. The maximum absolute atomic E-state index is 12.3. The number of nitrogens with one attached hydrogen (secondary N) is 1. The lowest BCUT2D eigenvalue weighted by Crippen LogP contribution is -2.27. The van der Waals surface area contributed by atoms with E-state index in [-0.39, 0.29) is 5.91 Å². The second-order valence-corrected chi connectivity index (χ2v) is 8.37. The van der Waals surface area contributed by atoms with E-state index >= 15 is 0 Å². The van der Waals surface area contributed by atoms with Crippen LogP contribution in [0.15, 0.2) is 72.8 Å². The van der Waals surface area contributed by atoms with E-state index in [1.54, 1.807) is 0 Å². The number of hydrogen-bond donors (Lipinski definition) is 1. The van der Waals surface area contributed by atoms with Crippen LogP contribution in [-0.2, 0) is 24.2 Å². The lowest BCUT2D eigenvalue weighted by molar-refractivity contribution is -0.121. The summed E-state index contributed by atoms with van der Waals surface area (Å²) in [6.07, 6.45) is 1.92. The van der Waals surface area contributed by atoms with Crippen molar-refractivity contribution in [2.75, 3.05) is 13.2 Å². The minimum atomic E-state index is 0.0692. The first-order valence-electron chi connectivity index (χ1n) is 11.5. The van der Waals surface area contributed by atoms with Gasteiger partial charge in [0.1, 0.15) is 18.2 Å². The van der Waals surface area contributed by atoms with Crippen LogP contribution in [0.1, 0.15) is 28.9 Å². The standard InChI is InChI=1S/C28H31N3O2/c1-21-12-14-26(22(2)20-21)33-19-18-31-25-11-7-6-10-24(25)30-27(31)16-17-29-28(32)15-13-23-8-4-3-5-9-23/h3-12,14,20H,13,15-19H2,1-2H3,(H,29,32). The summed E-state index contributed by atoms with van der Waals surface area (Å²) in [7, 11) is 0. The van der Waals surface area contributed by atoms with Crippen molar-refractivity contribution in [1.82, 2.24) is 14.9 Å². The van der Waals surface area contributed by atoms with Crippen LogP contribution >= 0.6 is 0 Å². The summed E-state index contributed by atoms with van der Waals surface area (Å²) >= 11 is 0. The van der Waals surface area contributed by atoms with Gasteiger partial charge in [-0.25, -0.2) is 4.98 Å². The Bertz CT molecular complexity index is 1210. The molecule has 1 N–H and O–H groups in total. The Hall–Kier alpha value is -3.60. The molecule has 33 heavy (non-hydrogen) atoms. The maximum Gasteiger partial charge on any atom is 0.220 e. The molecular weight excluding hydrogens is 410 g/mol. The molecule has 1 aromatic heterocycles. The first-order valence-corrected chi connectivity index (χ1v) is 11.5. The average Bonchev–Trinajstić information content (AvgIpc) is 3.17. The Morgan fingerprint density at radius 1 is 0.970 bits per heavy atom. The van der Waals surface area contributed by atoms with E-state index in [0.29, 0.717) is 32.5 Å². The van der Waals surface area contributed by atoms with Gasteiger partial charge >= 0.3 is 0 Å². The zero-order valence-electron chi connectivity index (χ0n) is 19.4. The highest BCUT2D eigenvalue weighted by atomic mass is 16.5. The number of carbonyl (C=O) groups is 1. The van der Waals surface area contributed by atoms with Gasteiger partial charge in [-0.05, 0) is 49.6 Å². The molecule has 4 aromatic rings. The highest BCUT2D eigenvalue weighted by Crippen LogP contribution is 2.20. The summed E-state index contributed by atoms with van der Waals surface area (Å²) in [5.41, 5.74) is 5.61. The van der Waals surface area contributed by atoms with E-state index in [9.17, 15) is 4.79 Å². The van der Waals surface area contributed by atoms with E-state index < -0.39 is 0 Å². The number of fused-ring (bicyclic) bond motifs is 1. The number of aryl methyl sites for hydroxylation is 3. The molecule has 170 valence electrons. The number of benzene rings is 3. The minimum Gasteiger partial charge on any atom is -0.491 e. The summed E-state index contributed by atoms with van der Waals surface area (Å²) in [4.78, 5) is 17.1. The van der Waals surface area contributed by atoms with Crippen molar-refractivity contribution in [3.05, 3.63) is 95.3 Å². The smallest absolute Gasteiger partial charge is 0.220 e. The molecule has 1 heterocycles. The molecule has 0 fully saturated rings. The summed E-state index contributed by atoms with van der Waals surface area (Å²) in [5, 5.41) is 3.04. The predicted octanol–water partition coefficient (Wildman–Crippen LogP) is 5.02. The third-order valence-electron chi connectivity index (χ3n) is 5.79. The number of hydrogen-bond acceptors (Lipinski definition) is 3. The van der Waals surface area contributed by atoms with Gasteiger partial charge in [0.05, 0.1) is 17.6 Å². The van der Waals surface area contributed by atoms with Crippen LogP contribution in [0.3, 0.4) is 0 Å². The highest BCUT2D eigenvalue weighted by molar-refractivity contribution is 5.77. The molecule has 1 amide bonds. The molecule has 4 rings (SSSR count). The number of imidazole rings is 1. The maximum atomic E-state index is 12.3. The van der Waals surface area contributed by atoms with Gasteiger partial charge in [0, 0.05) is 19.4 Å². The molecule has 0 radical (unpaired) electrons. The topological polar surface area (TPSA) is 56.1 Å². The Kier molecular flexibility index (Phi) is 7.40. The van der Waals surface area contributed by atoms with E-state index in [2.05, 4.69) is 54.1 Å². The molecule has 0 saturated heterocycles. The molecule has 0 aliphatic rings. The van der Waals surface area contributed by atoms with Gasteiger partial charge in [-0.15, -0.1) is 0 Å². The lowest BCUT2D eigenvalue weighted by Gasteiger charge is -2.13. The molecule has 0 spiro atoms. The summed E-state index contributed by atoms with van der Waals surface area (Å²) in [5.74, 6) is 1.95. The Balaban J connectivity index is 1.35. The van der Waals surface area contributed by atoms with Gasteiger partial charge in [-0.1, -0.05) is 60.2 Å². The lowest BCUT2D eigenvalue weighted by atomic mass is 10.1. The number of rotatable bonds is 10. The molecule has 3 aromatic carbocycles. The van der Waals surface area contributed by atoms with E-state index in [1.165, 1.54) is 11.1 Å². The van der Waals surface area contributed by atoms with Crippen LogP contribution in [0.25, 0.3) is 11.0 Å². The molecular formula is C28H31N3O2. The normalized spacial score (nSPS) is 11.0. The quantitative estimate of drug-likeness (QED) is 0.376. The van der Waals surface area contributed by atoms with Gasteiger partial charge in [0.15, 0.2) is 0 Å². The van der Waals surface area contributed by atoms with Crippen molar-refractivity contribution in [3.8, 4) is 5.75 Å². The second kappa shape index (κ2) is 10.8. The van der Waals surface area contributed by atoms with E-state index in [4.69, 9.17) is 9.72 Å². The number of nitrogens with zero attached hydrogens (tertiary/aromatic N) is 2. The largest absolute Gasteiger partial charge is 0.491 e. The predicted molar refractivity (Wildman–Crippen MR) is 133 cm³/mol. The molecule has 0 aliphatic carbocycles. The molecule has 0 unspecified atom stereocenters. The number of amides is 1. The van der Waals surface area contributed by atoms with Gasteiger partial charge < -0.3 is 14.6 Å². The zero-order chi connectivity index (χ0) is 23.0. The van der Waals surface area contributed by atoms with Crippen molar-refractivity contribution in [2.24, 2.45) is 0 Å². The number of para-hydroxylation sites is 2. The number of ether oxygens (including phenoxy) is 1. The Morgan fingerprint density at radius 2 is 1.76 bits per heavy atom. The number of aromatic nitrogens is 2. The average molecular weight is 442 g/mol. The third-order valence-corrected chi connectivity index (χ3v) is 5.79. The molecule has 0 saturated carbocycles. The van der Waals surface area contributed by atoms with Crippen LogP contribution in [0.5, 0.6) is 5.75 Å². The molecule has 5 nitrogen and oxygen atoms in total. The van der Waals surface area contributed by atoms with Gasteiger partial charge in [0.25, 0.3) is 0 Å². The van der Waals surface area contributed by atoms with Crippen LogP contribution in [-0.4, -0.2) is 28.6 Å².